The zero-order valence-electron chi connectivity index (χ0n) is 15.5. The van der Waals surface area contributed by atoms with Crippen LogP contribution in [0.5, 0.6) is 11.6 Å². The van der Waals surface area contributed by atoms with Crippen LogP contribution in [0, 0.1) is 0 Å². The number of hydrogen-bond acceptors (Lipinski definition) is 7. The first kappa shape index (κ1) is 19.1. The molecule has 1 amide bonds. The Balaban J connectivity index is 1.79. The van der Waals surface area contributed by atoms with Gasteiger partial charge in [0.1, 0.15) is 5.75 Å². The summed E-state index contributed by atoms with van der Waals surface area (Å²) in [7, 11) is 1.52. The van der Waals surface area contributed by atoms with Crippen molar-refractivity contribution in [3.8, 4) is 11.6 Å². The van der Waals surface area contributed by atoms with E-state index in [0.717, 1.165) is 0 Å². The van der Waals surface area contributed by atoms with Gasteiger partial charge in [-0.25, -0.2) is 9.78 Å². The van der Waals surface area contributed by atoms with E-state index in [4.69, 9.17) is 14.2 Å². The molecule has 0 atom stereocenters. The van der Waals surface area contributed by atoms with Gasteiger partial charge < -0.3 is 19.5 Å². The summed E-state index contributed by atoms with van der Waals surface area (Å²) in [6.07, 6.45) is 0. The lowest BCUT2D eigenvalue weighted by Gasteiger charge is -2.12. The molecule has 0 saturated carbocycles. The first-order chi connectivity index (χ1) is 13.6. The third kappa shape index (κ3) is 4.35. The second-order valence-electron chi connectivity index (χ2n) is 5.63. The molecule has 2 aromatic carbocycles. The summed E-state index contributed by atoms with van der Waals surface area (Å²) < 4.78 is 15.7. The smallest absolute Gasteiger partial charge is 0.376 e. The van der Waals surface area contributed by atoms with E-state index in [-0.39, 0.29) is 24.9 Å². The number of anilines is 1. The SMILES string of the molecule is CCOC(=O)c1nc(OCC(=O)Nc2ccccc2OC)c2ccccc2n1. The number of carbonyl (C=O) groups is 2. The van der Waals surface area contributed by atoms with Gasteiger partial charge in [-0.15, -0.1) is 0 Å². The zero-order chi connectivity index (χ0) is 19.9. The predicted octanol–water partition coefficient (Wildman–Crippen LogP) is 2.83. The molecule has 3 rings (SSSR count). The monoisotopic (exact) mass is 381 g/mol. The summed E-state index contributed by atoms with van der Waals surface area (Å²) in [6.45, 7) is 1.59. The van der Waals surface area contributed by atoms with Gasteiger partial charge in [0.2, 0.25) is 11.7 Å². The molecule has 0 radical (unpaired) electrons. The Morgan fingerprint density at radius 2 is 1.79 bits per heavy atom. The van der Waals surface area contributed by atoms with Crippen LogP contribution in [0.1, 0.15) is 17.5 Å². The van der Waals surface area contributed by atoms with Crippen LogP contribution in [-0.4, -0.2) is 42.2 Å². The van der Waals surface area contributed by atoms with E-state index in [0.29, 0.717) is 22.3 Å². The van der Waals surface area contributed by atoms with Crippen molar-refractivity contribution < 1.29 is 23.8 Å². The fourth-order valence-corrected chi connectivity index (χ4v) is 2.51. The van der Waals surface area contributed by atoms with Gasteiger partial charge in [-0.2, -0.15) is 4.98 Å². The van der Waals surface area contributed by atoms with Gasteiger partial charge in [0.25, 0.3) is 5.91 Å². The van der Waals surface area contributed by atoms with Crippen molar-refractivity contribution in [1.82, 2.24) is 9.97 Å². The lowest BCUT2D eigenvalue weighted by molar-refractivity contribution is -0.118. The number of para-hydroxylation sites is 3. The molecule has 144 valence electrons. The lowest BCUT2D eigenvalue weighted by atomic mass is 10.2. The molecular weight excluding hydrogens is 362 g/mol. The average Bonchev–Trinajstić information content (AvgIpc) is 2.72. The molecule has 0 spiro atoms. The van der Waals surface area contributed by atoms with Gasteiger partial charge in [-0.05, 0) is 31.2 Å². The largest absolute Gasteiger partial charge is 0.495 e. The Morgan fingerprint density at radius 1 is 1.04 bits per heavy atom. The molecular formula is C20H19N3O5. The molecule has 0 fully saturated rings. The number of rotatable bonds is 7. The first-order valence-corrected chi connectivity index (χ1v) is 8.62. The summed E-state index contributed by atoms with van der Waals surface area (Å²) in [6, 6.07) is 14.1. The summed E-state index contributed by atoms with van der Waals surface area (Å²) in [5.74, 6) is -0.515. The Kier molecular flexibility index (Phi) is 6.01. The lowest BCUT2D eigenvalue weighted by Crippen LogP contribution is -2.21. The van der Waals surface area contributed by atoms with Crippen LogP contribution in [0.2, 0.25) is 0 Å². The fraction of sp³-hybridized carbons (Fsp3) is 0.200. The predicted molar refractivity (Wildman–Crippen MR) is 103 cm³/mol. The van der Waals surface area contributed by atoms with Crippen molar-refractivity contribution in [3.63, 3.8) is 0 Å². The van der Waals surface area contributed by atoms with Crippen molar-refractivity contribution >= 4 is 28.5 Å². The van der Waals surface area contributed by atoms with E-state index in [1.54, 1.807) is 55.5 Å². The third-order valence-electron chi connectivity index (χ3n) is 3.75. The molecule has 8 nitrogen and oxygen atoms in total. The molecule has 0 saturated heterocycles. The van der Waals surface area contributed by atoms with Gasteiger partial charge in [-0.3, -0.25) is 4.79 Å². The minimum atomic E-state index is -0.656. The maximum Gasteiger partial charge on any atom is 0.376 e. The van der Waals surface area contributed by atoms with E-state index >= 15 is 0 Å². The van der Waals surface area contributed by atoms with E-state index in [2.05, 4.69) is 15.3 Å². The highest BCUT2D eigenvalue weighted by molar-refractivity contribution is 5.94. The normalized spacial score (nSPS) is 10.4. The van der Waals surface area contributed by atoms with Crippen molar-refractivity contribution in [2.45, 2.75) is 6.92 Å². The maximum atomic E-state index is 12.3. The quantitative estimate of drug-likeness (QED) is 0.628. The fourth-order valence-electron chi connectivity index (χ4n) is 2.51. The second-order valence-corrected chi connectivity index (χ2v) is 5.63. The molecule has 1 heterocycles. The highest BCUT2D eigenvalue weighted by Gasteiger charge is 2.17. The molecule has 1 N–H and O–H groups in total. The average molecular weight is 381 g/mol. The number of amides is 1. The Morgan fingerprint density at radius 3 is 2.57 bits per heavy atom. The topological polar surface area (TPSA) is 99.6 Å². The minimum absolute atomic E-state index is 0.124. The number of carbonyl (C=O) groups excluding carboxylic acids is 2. The highest BCUT2D eigenvalue weighted by Crippen LogP contribution is 2.24. The van der Waals surface area contributed by atoms with Crippen molar-refractivity contribution in [2.75, 3.05) is 25.6 Å². The van der Waals surface area contributed by atoms with Crippen molar-refractivity contribution in [1.29, 1.82) is 0 Å². The molecule has 0 aliphatic carbocycles. The van der Waals surface area contributed by atoms with E-state index in [9.17, 15) is 9.59 Å². The van der Waals surface area contributed by atoms with E-state index in [1.807, 2.05) is 0 Å². The van der Waals surface area contributed by atoms with Crippen LogP contribution in [-0.2, 0) is 9.53 Å². The van der Waals surface area contributed by atoms with Crippen molar-refractivity contribution in [3.05, 3.63) is 54.4 Å². The van der Waals surface area contributed by atoms with E-state index < -0.39 is 11.9 Å². The molecule has 0 aliphatic rings. The summed E-state index contributed by atoms with van der Waals surface area (Å²) in [4.78, 5) is 32.6. The number of nitrogens with zero attached hydrogens (tertiary/aromatic N) is 2. The minimum Gasteiger partial charge on any atom is -0.495 e. The van der Waals surface area contributed by atoms with Gasteiger partial charge in [0.05, 0.1) is 30.3 Å². The first-order valence-electron chi connectivity index (χ1n) is 8.62. The van der Waals surface area contributed by atoms with Crippen LogP contribution in [0.25, 0.3) is 10.9 Å². The third-order valence-corrected chi connectivity index (χ3v) is 3.75. The number of nitrogens with one attached hydrogen (secondary N) is 1. The Hall–Kier alpha value is -3.68. The summed E-state index contributed by atoms with van der Waals surface area (Å²) in [5, 5.41) is 3.30. The van der Waals surface area contributed by atoms with Crippen LogP contribution < -0.4 is 14.8 Å². The molecule has 0 aliphatic heterocycles. The molecule has 3 aromatic rings. The van der Waals surface area contributed by atoms with Crippen LogP contribution >= 0.6 is 0 Å². The summed E-state index contributed by atoms with van der Waals surface area (Å²) >= 11 is 0. The molecule has 28 heavy (non-hydrogen) atoms. The number of benzene rings is 2. The number of hydrogen-bond donors (Lipinski definition) is 1. The summed E-state index contributed by atoms with van der Waals surface area (Å²) in [5.41, 5.74) is 1.04. The van der Waals surface area contributed by atoms with Crippen molar-refractivity contribution in [2.24, 2.45) is 0 Å². The van der Waals surface area contributed by atoms with Gasteiger partial charge in [0.15, 0.2) is 6.61 Å². The van der Waals surface area contributed by atoms with Gasteiger partial charge in [-0.1, -0.05) is 24.3 Å². The van der Waals surface area contributed by atoms with Crippen LogP contribution in [0.4, 0.5) is 5.69 Å². The number of aromatic nitrogens is 2. The van der Waals surface area contributed by atoms with Crippen LogP contribution in [0.3, 0.4) is 0 Å². The number of methoxy groups -OCH3 is 1. The standard InChI is InChI=1S/C20H19N3O5/c1-3-27-20(25)18-22-14-9-5-4-8-13(14)19(23-18)28-12-17(24)21-15-10-6-7-11-16(15)26-2/h4-11H,3,12H2,1-2H3,(H,21,24). The number of esters is 1. The molecule has 0 bridgehead atoms. The molecule has 8 heteroatoms. The number of fused-ring (bicyclic) bond motifs is 1. The Labute approximate surface area is 161 Å². The van der Waals surface area contributed by atoms with Gasteiger partial charge in [0, 0.05) is 0 Å². The second kappa shape index (κ2) is 8.81. The van der Waals surface area contributed by atoms with Crippen LogP contribution in [0.15, 0.2) is 48.5 Å². The maximum absolute atomic E-state index is 12.3. The van der Waals surface area contributed by atoms with E-state index in [1.165, 1.54) is 7.11 Å². The highest BCUT2D eigenvalue weighted by atomic mass is 16.5. The molecule has 1 aromatic heterocycles. The Bertz CT molecular complexity index is 1010. The number of ether oxygens (including phenoxy) is 3. The molecule has 0 unspecified atom stereocenters. The van der Waals surface area contributed by atoms with Gasteiger partial charge >= 0.3 is 5.97 Å². The zero-order valence-corrected chi connectivity index (χ0v) is 15.5.